The molecule has 1 aromatic carbocycles. The van der Waals surface area contributed by atoms with Crippen molar-refractivity contribution in [1.82, 2.24) is 5.32 Å². The first-order valence-electron chi connectivity index (χ1n) is 4.65. The Balaban J connectivity index is 0.00000144. The molecule has 0 saturated carbocycles. The van der Waals surface area contributed by atoms with Gasteiger partial charge >= 0.3 is 0 Å². The van der Waals surface area contributed by atoms with Gasteiger partial charge in [-0.2, -0.15) is 0 Å². The van der Waals surface area contributed by atoms with E-state index in [1.807, 2.05) is 0 Å². The highest BCUT2D eigenvalue weighted by Gasteiger charge is 1.91. The monoisotopic (exact) mass is 198 g/mol. The van der Waals surface area contributed by atoms with E-state index in [1.165, 1.54) is 11.1 Å². The third-order valence-electron chi connectivity index (χ3n) is 2.01. The van der Waals surface area contributed by atoms with Gasteiger partial charge in [0.1, 0.15) is 0 Å². The van der Waals surface area contributed by atoms with Crippen LogP contribution in [-0.2, 0) is 13.0 Å². The van der Waals surface area contributed by atoms with Crippen LogP contribution in [0.15, 0.2) is 24.3 Å². The van der Waals surface area contributed by atoms with Gasteiger partial charge < -0.3 is 17.7 Å². The number of rotatable bonds is 4. The van der Waals surface area contributed by atoms with E-state index in [-0.39, 0.29) is 12.4 Å². The van der Waals surface area contributed by atoms with E-state index in [2.05, 4.69) is 43.4 Å². The topological polar surface area (TPSA) is 12.0 Å². The van der Waals surface area contributed by atoms with Crippen molar-refractivity contribution in [1.29, 1.82) is 0 Å². The lowest BCUT2D eigenvalue weighted by molar-refractivity contribution is -0.00000264. The molecule has 1 aromatic rings. The molecule has 0 aliphatic heterocycles. The summed E-state index contributed by atoms with van der Waals surface area (Å²) in [6, 6.07) is 8.79. The molecule has 0 amide bonds. The molecule has 0 saturated heterocycles. The zero-order valence-corrected chi connectivity index (χ0v) is 9.06. The van der Waals surface area contributed by atoms with Crippen LogP contribution in [-0.4, -0.2) is 6.54 Å². The molecule has 0 aromatic heterocycles. The summed E-state index contributed by atoms with van der Waals surface area (Å²) in [6.07, 6.45) is 1.13. The van der Waals surface area contributed by atoms with Crippen LogP contribution in [0.3, 0.4) is 0 Å². The zero-order valence-electron chi connectivity index (χ0n) is 8.31. The summed E-state index contributed by atoms with van der Waals surface area (Å²) in [5.41, 5.74) is 2.78. The maximum Gasteiger partial charge on any atom is 0.0205 e. The molecule has 0 unspecified atom stereocenters. The smallest absolute Gasteiger partial charge is 0.0205 e. The largest absolute Gasteiger partial charge is 1.00 e. The van der Waals surface area contributed by atoms with Gasteiger partial charge in [0, 0.05) is 6.54 Å². The molecular formula is C11H17ClN-. The van der Waals surface area contributed by atoms with Gasteiger partial charge in [0.25, 0.3) is 0 Å². The molecule has 0 aliphatic carbocycles. The van der Waals surface area contributed by atoms with E-state index in [4.69, 9.17) is 0 Å². The van der Waals surface area contributed by atoms with Crippen molar-refractivity contribution in [2.24, 2.45) is 0 Å². The minimum absolute atomic E-state index is 0. The van der Waals surface area contributed by atoms with Crippen molar-refractivity contribution >= 4 is 0 Å². The summed E-state index contributed by atoms with van der Waals surface area (Å²) in [4.78, 5) is 0. The summed E-state index contributed by atoms with van der Waals surface area (Å²) in [5, 5.41) is 3.30. The predicted molar refractivity (Wildman–Crippen MR) is 53.2 cm³/mol. The fraction of sp³-hybridized carbons (Fsp3) is 0.455. The minimum Gasteiger partial charge on any atom is -1.00 e. The summed E-state index contributed by atoms with van der Waals surface area (Å²) in [6.45, 7) is 6.33. The number of aryl methyl sites for hydroxylation is 1. The second-order valence-corrected chi connectivity index (χ2v) is 2.95. The average Bonchev–Trinajstić information content (AvgIpc) is 2.15. The highest BCUT2D eigenvalue weighted by Crippen LogP contribution is 2.04. The molecule has 1 nitrogen and oxygen atoms in total. The van der Waals surface area contributed by atoms with Crippen molar-refractivity contribution < 1.29 is 12.4 Å². The van der Waals surface area contributed by atoms with Crippen molar-refractivity contribution in [3.05, 3.63) is 35.4 Å². The number of benzene rings is 1. The van der Waals surface area contributed by atoms with Crippen molar-refractivity contribution in [2.75, 3.05) is 6.54 Å². The van der Waals surface area contributed by atoms with Gasteiger partial charge in [-0.25, -0.2) is 0 Å². The maximum atomic E-state index is 3.30. The van der Waals surface area contributed by atoms with Crippen LogP contribution in [0.1, 0.15) is 25.0 Å². The van der Waals surface area contributed by atoms with Crippen LogP contribution in [0, 0.1) is 0 Å². The van der Waals surface area contributed by atoms with Crippen LogP contribution in [0.5, 0.6) is 0 Å². The summed E-state index contributed by atoms with van der Waals surface area (Å²) >= 11 is 0. The molecule has 13 heavy (non-hydrogen) atoms. The number of halogens is 1. The molecule has 0 atom stereocenters. The molecule has 0 aliphatic rings. The molecule has 1 rings (SSSR count). The molecule has 1 N–H and O–H groups in total. The normalized spacial score (nSPS) is 9.38. The Labute approximate surface area is 87.0 Å². The zero-order chi connectivity index (χ0) is 8.81. The fourth-order valence-corrected chi connectivity index (χ4v) is 1.16. The van der Waals surface area contributed by atoms with Crippen molar-refractivity contribution in [3.63, 3.8) is 0 Å². The van der Waals surface area contributed by atoms with Crippen LogP contribution >= 0.6 is 0 Å². The van der Waals surface area contributed by atoms with Gasteiger partial charge in [0.2, 0.25) is 0 Å². The van der Waals surface area contributed by atoms with Crippen LogP contribution in [0.4, 0.5) is 0 Å². The molecule has 0 bridgehead atoms. The summed E-state index contributed by atoms with van der Waals surface area (Å²) in [5.74, 6) is 0. The Morgan fingerprint density at radius 1 is 1.00 bits per heavy atom. The Morgan fingerprint density at radius 2 is 1.54 bits per heavy atom. The third-order valence-corrected chi connectivity index (χ3v) is 2.01. The molecule has 2 heteroatoms. The van der Waals surface area contributed by atoms with E-state index < -0.39 is 0 Å². The third kappa shape index (κ3) is 4.30. The van der Waals surface area contributed by atoms with Crippen LogP contribution < -0.4 is 17.7 Å². The van der Waals surface area contributed by atoms with Gasteiger partial charge in [0.15, 0.2) is 0 Å². The maximum absolute atomic E-state index is 3.30. The Bertz CT molecular complexity index is 218. The number of nitrogens with one attached hydrogen (secondary N) is 1. The first kappa shape index (κ1) is 12.5. The Morgan fingerprint density at radius 3 is 2.00 bits per heavy atom. The Hall–Kier alpha value is -0.530. The molecule has 74 valence electrons. The lowest BCUT2D eigenvalue weighted by Gasteiger charge is -2.02. The second kappa shape index (κ2) is 6.93. The second-order valence-electron chi connectivity index (χ2n) is 2.95. The predicted octanol–water partition coefficient (Wildman–Crippen LogP) is -0.637. The van der Waals surface area contributed by atoms with Gasteiger partial charge in [-0.15, -0.1) is 0 Å². The van der Waals surface area contributed by atoms with Gasteiger partial charge in [-0.05, 0) is 24.1 Å². The van der Waals surface area contributed by atoms with E-state index in [9.17, 15) is 0 Å². The van der Waals surface area contributed by atoms with Crippen molar-refractivity contribution in [2.45, 2.75) is 26.8 Å². The highest BCUT2D eigenvalue weighted by atomic mass is 35.5. The lowest BCUT2D eigenvalue weighted by Crippen LogP contribution is -3.00. The SMILES string of the molecule is CCNCc1ccc(CC)cc1.[Cl-]. The van der Waals surface area contributed by atoms with E-state index in [1.54, 1.807) is 0 Å². The minimum atomic E-state index is 0. The number of hydrogen-bond acceptors (Lipinski definition) is 1. The first-order valence-corrected chi connectivity index (χ1v) is 4.65. The highest BCUT2D eigenvalue weighted by molar-refractivity contribution is 5.22. The first-order chi connectivity index (χ1) is 5.86. The van der Waals surface area contributed by atoms with E-state index >= 15 is 0 Å². The van der Waals surface area contributed by atoms with E-state index in [0.717, 1.165) is 19.5 Å². The molecule has 0 radical (unpaired) electrons. The van der Waals surface area contributed by atoms with Crippen LogP contribution in [0.25, 0.3) is 0 Å². The molecule has 0 fully saturated rings. The Kier molecular flexibility index (Phi) is 6.65. The number of hydrogen-bond donors (Lipinski definition) is 1. The van der Waals surface area contributed by atoms with Gasteiger partial charge in [-0.1, -0.05) is 38.1 Å². The van der Waals surface area contributed by atoms with Crippen LogP contribution in [0.2, 0.25) is 0 Å². The van der Waals surface area contributed by atoms with E-state index in [0.29, 0.717) is 0 Å². The lowest BCUT2D eigenvalue weighted by atomic mass is 10.1. The van der Waals surface area contributed by atoms with Gasteiger partial charge in [-0.3, -0.25) is 0 Å². The summed E-state index contributed by atoms with van der Waals surface area (Å²) < 4.78 is 0. The molecule has 0 spiro atoms. The van der Waals surface area contributed by atoms with Crippen molar-refractivity contribution in [3.8, 4) is 0 Å². The molecular weight excluding hydrogens is 182 g/mol. The van der Waals surface area contributed by atoms with Gasteiger partial charge in [0.05, 0.1) is 0 Å². The molecule has 0 heterocycles. The fourth-order valence-electron chi connectivity index (χ4n) is 1.16. The quantitative estimate of drug-likeness (QED) is 0.679. The average molecular weight is 199 g/mol. The summed E-state index contributed by atoms with van der Waals surface area (Å²) in [7, 11) is 0. The standard InChI is InChI=1S/C11H17N.ClH/c1-3-10-5-7-11(8-6-10)9-12-4-2;/h5-8,12H,3-4,9H2,1-2H3;1H/p-1.